The molecule has 0 aromatic carbocycles. The first-order valence-electron chi connectivity index (χ1n) is 7.96. The van der Waals surface area contributed by atoms with Crippen molar-refractivity contribution in [1.29, 1.82) is 0 Å². The van der Waals surface area contributed by atoms with Gasteiger partial charge in [-0.05, 0) is 80.0 Å². The third kappa shape index (κ3) is 0.981. The molecule has 4 unspecified atom stereocenters. The fourth-order valence-corrected chi connectivity index (χ4v) is 7.52. The van der Waals surface area contributed by atoms with Gasteiger partial charge in [-0.25, -0.2) is 0 Å². The molecule has 2 nitrogen and oxygen atoms in total. The molecule has 7 aliphatic rings. The molecule has 8 atom stereocenters. The minimum atomic E-state index is 0.225. The first kappa shape index (κ1) is 10.3. The predicted octanol–water partition coefficient (Wildman–Crippen LogP) is 2.58. The zero-order chi connectivity index (χ0) is 12.1. The van der Waals surface area contributed by atoms with Crippen LogP contribution in [-0.2, 0) is 4.79 Å². The molecule has 0 heterocycles. The smallest absolute Gasteiger partial charge is 0.217 e. The summed E-state index contributed by atoms with van der Waals surface area (Å²) in [6.45, 7) is 1.73. The van der Waals surface area contributed by atoms with Crippen LogP contribution in [-0.4, -0.2) is 11.4 Å². The number of hydrogen-bond donors (Lipinski definition) is 1. The Morgan fingerprint density at radius 1 is 0.944 bits per heavy atom. The Labute approximate surface area is 109 Å². The van der Waals surface area contributed by atoms with Crippen LogP contribution in [0.3, 0.4) is 0 Å². The van der Waals surface area contributed by atoms with Crippen molar-refractivity contribution >= 4 is 5.91 Å². The number of nitrogens with one attached hydrogen (secondary N) is 1. The van der Waals surface area contributed by atoms with E-state index in [2.05, 4.69) is 5.32 Å². The van der Waals surface area contributed by atoms with Gasteiger partial charge in [-0.1, -0.05) is 0 Å². The first-order valence-corrected chi connectivity index (χ1v) is 7.96. The lowest BCUT2D eigenvalue weighted by molar-refractivity contribution is -0.225. The largest absolute Gasteiger partial charge is 0.350 e. The monoisotopic (exact) mass is 245 g/mol. The molecule has 7 fully saturated rings. The number of amides is 1. The van der Waals surface area contributed by atoms with Crippen molar-refractivity contribution in [1.82, 2.24) is 5.32 Å². The lowest BCUT2D eigenvalue weighted by atomic mass is 9.33. The Morgan fingerprint density at radius 3 is 2.17 bits per heavy atom. The summed E-state index contributed by atoms with van der Waals surface area (Å²) < 4.78 is 0. The normalized spacial score (nSPS) is 62.4. The van der Waals surface area contributed by atoms with Crippen molar-refractivity contribution in [3.8, 4) is 0 Å². The van der Waals surface area contributed by atoms with E-state index in [-0.39, 0.29) is 11.4 Å². The molecule has 7 saturated carbocycles. The minimum absolute atomic E-state index is 0.225. The highest BCUT2D eigenvalue weighted by Crippen LogP contribution is 2.72. The third-order valence-electron chi connectivity index (χ3n) is 7.48. The lowest BCUT2D eigenvalue weighted by Crippen LogP contribution is -2.76. The molecule has 98 valence electrons. The molecule has 8 bridgehead atoms. The quantitative estimate of drug-likeness (QED) is 0.756. The molecule has 1 amide bonds. The first-order chi connectivity index (χ1) is 8.67. The Hall–Kier alpha value is -0.530. The average Bonchev–Trinajstić information content (AvgIpc) is 2.34. The molecule has 0 aromatic heterocycles. The van der Waals surface area contributed by atoms with Crippen molar-refractivity contribution in [2.24, 2.45) is 41.4 Å². The second-order valence-corrected chi connectivity index (χ2v) is 8.04. The summed E-state index contributed by atoms with van der Waals surface area (Å²) in [6, 6.07) is 0. The van der Waals surface area contributed by atoms with Crippen LogP contribution in [0.1, 0.15) is 45.4 Å². The molecule has 7 aliphatic carbocycles. The highest BCUT2D eigenvalue weighted by Gasteiger charge is 2.70. The van der Waals surface area contributed by atoms with Crippen molar-refractivity contribution in [2.45, 2.75) is 51.0 Å². The summed E-state index contributed by atoms with van der Waals surface area (Å²) >= 11 is 0. The van der Waals surface area contributed by atoms with Crippen LogP contribution < -0.4 is 5.32 Å². The predicted molar refractivity (Wildman–Crippen MR) is 68.7 cm³/mol. The zero-order valence-electron chi connectivity index (χ0n) is 11.2. The van der Waals surface area contributed by atoms with Gasteiger partial charge in [-0.2, -0.15) is 0 Å². The molecular formula is C16H23NO. The maximum Gasteiger partial charge on any atom is 0.217 e. The molecule has 0 aromatic rings. The van der Waals surface area contributed by atoms with Crippen LogP contribution in [0.4, 0.5) is 0 Å². The fourth-order valence-electron chi connectivity index (χ4n) is 7.52. The van der Waals surface area contributed by atoms with Crippen molar-refractivity contribution < 1.29 is 4.79 Å². The van der Waals surface area contributed by atoms with Gasteiger partial charge in [0.25, 0.3) is 0 Å². The summed E-state index contributed by atoms with van der Waals surface area (Å²) in [5.41, 5.74) is 0.246. The maximum absolute atomic E-state index is 11.7. The fraction of sp³-hybridized carbons (Fsp3) is 0.938. The molecule has 0 aliphatic heterocycles. The van der Waals surface area contributed by atoms with Crippen molar-refractivity contribution in [3.63, 3.8) is 0 Å². The van der Waals surface area contributed by atoms with E-state index in [0.717, 1.165) is 41.4 Å². The maximum atomic E-state index is 11.7. The van der Waals surface area contributed by atoms with Crippen molar-refractivity contribution in [2.75, 3.05) is 0 Å². The van der Waals surface area contributed by atoms with E-state index in [0.29, 0.717) is 0 Å². The number of hydrogen-bond acceptors (Lipinski definition) is 1. The summed E-state index contributed by atoms with van der Waals surface area (Å²) in [5, 5.41) is 3.49. The van der Waals surface area contributed by atoms with Gasteiger partial charge in [0.1, 0.15) is 0 Å². The number of carbonyl (C=O) groups excluding carboxylic acids is 1. The molecular weight excluding hydrogens is 222 g/mol. The molecule has 0 spiro atoms. The van der Waals surface area contributed by atoms with Gasteiger partial charge in [0, 0.05) is 12.5 Å². The van der Waals surface area contributed by atoms with Crippen LogP contribution in [0.5, 0.6) is 0 Å². The lowest BCUT2D eigenvalue weighted by Gasteiger charge is -2.74. The highest BCUT2D eigenvalue weighted by molar-refractivity contribution is 5.74. The Bertz CT molecular complexity index is 407. The van der Waals surface area contributed by atoms with E-state index in [1.54, 1.807) is 6.92 Å². The van der Waals surface area contributed by atoms with Gasteiger partial charge in [-0.3, -0.25) is 4.79 Å². The van der Waals surface area contributed by atoms with E-state index in [9.17, 15) is 4.79 Å². The van der Waals surface area contributed by atoms with Crippen LogP contribution in [0, 0.1) is 41.4 Å². The van der Waals surface area contributed by atoms with Gasteiger partial charge in [0.2, 0.25) is 5.91 Å². The number of carbonyl (C=O) groups is 1. The van der Waals surface area contributed by atoms with Crippen LogP contribution in [0.25, 0.3) is 0 Å². The second-order valence-electron chi connectivity index (χ2n) is 8.04. The molecule has 2 heteroatoms. The van der Waals surface area contributed by atoms with Gasteiger partial charge >= 0.3 is 0 Å². The van der Waals surface area contributed by atoms with Crippen LogP contribution >= 0.6 is 0 Å². The van der Waals surface area contributed by atoms with Gasteiger partial charge in [0.15, 0.2) is 0 Å². The second kappa shape index (κ2) is 2.96. The summed E-state index contributed by atoms with van der Waals surface area (Å²) in [5.74, 6) is 6.85. The third-order valence-corrected chi connectivity index (χ3v) is 7.48. The summed E-state index contributed by atoms with van der Waals surface area (Å²) in [7, 11) is 0. The SMILES string of the molecule is CC(=O)NC12CC3C[C@H]4C5CC(C[C@H]41)C[C@H]2[C@H]5C3. The molecule has 7 rings (SSSR count). The average molecular weight is 245 g/mol. The Balaban J connectivity index is 1.65. The van der Waals surface area contributed by atoms with Crippen LogP contribution in [0.2, 0.25) is 0 Å². The molecule has 1 N–H and O–H groups in total. The minimum Gasteiger partial charge on any atom is -0.350 e. The molecule has 0 radical (unpaired) electrons. The summed E-state index contributed by atoms with van der Waals surface area (Å²) in [6.07, 6.45) is 8.69. The Morgan fingerprint density at radius 2 is 1.56 bits per heavy atom. The van der Waals surface area contributed by atoms with E-state index >= 15 is 0 Å². The van der Waals surface area contributed by atoms with E-state index in [4.69, 9.17) is 0 Å². The molecule has 0 saturated heterocycles. The molecule has 18 heavy (non-hydrogen) atoms. The van der Waals surface area contributed by atoms with Crippen molar-refractivity contribution in [3.05, 3.63) is 0 Å². The van der Waals surface area contributed by atoms with E-state index in [1.807, 2.05) is 0 Å². The van der Waals surface area contributed by atoms with E-state index in [1.165, 1.54) is 38.5 Å². The van der Waals surface area contributed by atoms with E-state index < -0.39 is 0 Å². The highest BCUT2D eigenvalue weighted by atomic mass is 16.1. The van der Waals surface area contributed by atoms with Gasteiger partial charge in [-0.15, -0.1) is 0 Å². The van der Waals surface area contributed by atoms with Crippen LogP contribution in [0.15, 0.2) is 0 Å². The standard InChI is InChI=1S/C16H23NO/c1-8(18)17-16-7-10-3-12-11-2-9(5-14(12)16)6-15(16)13(11)4-10/h9-15H,2-7H2,1H3,(H,17,18)/t9?,10?,11?,12-,13-,14-,15+,16?/m0/s1. The van der Waals surface area contributed by atoms with Gasteiger partial charge in [0.05, 0.1) is 0 Å². The van der Waals surface area contributed by atoms with Gasteiger partial charge < -0.3 is 5.32 Å². The topological polar surface area (TPSA) is 29.1 Å². The number of rotatable bonds is 1. The zero-order valence-corrected chi connectivity index (χ0v) is 11.2. The Kier molecular flexibility index (Phi) is 1.69. The summed E-state index contributed by atoms with van der Waals surface area (Å²) in [4.78, 5) is 11.7.